The molecule has 2 N–H and O–H groups in total. The molecule has 0 aliphatic rings. The number of sulfonamides is 1. The average molecular weight is 479 g/mol. The highest BCUT2D eigenvalue weighted by atomic mass is 32.2. The molecule has 0 fully saturated rings. The van der Waals surface area contributed by atoms with Gasteiger partial charge in [0.15, 0.2) is 0 Å². The summed E-state index contributed by atoms with van der Waals surface area (Å²) in [5.41, 5.74) is 3.85. The highest BCUT2D eigenvalue weighted by molar-refractivity contribution is 7.92. The third-order valence-corrected chi connectivity index (χ3v) is 6.70. The van der Waals surface area contributed by atoms with Crippen LogP contribution >= 0.6 is 0 Å². The van der Waals surface area contributed by atoms with E-state index in [4.69, 9.17) is 0 Å². The summed E-state index contributed by atoms with van der Waals surface area (Å²) in [7, 11) is -4.10. The first-order valence-corrected chi connectivity index (χ1v) is 12.0. The van der Waals surface area contributed by atoms with E-state index in [0.29, 0.717) is 11.4 Å². The van der Waals surface area contributed by atoms with Crippen LogP contribution in [0.2, 0.25) is 0 Å². The normalized spacial score (nSPS) is 11.3. The Bertz CT molecular complexity index is 1480. The molecule has 9 heteroatoms. The first-order chi connectivity index (χ1) is 16.2. The third kappa shape index (κ3) is 4.69. The molecule has 1 aromatic heterocycles. The van der Waals surface area contributed by atoms with E-state index in [0.717, 1.165) is 23.0 Å². The second-order valence-corrected chi connectivity index (χ2v) is 9.54. The lowest BCUT2D eigenvalue weighted by atomic mass is 10.2. The van der Waals surface area contributed by atoms with E-state index in [1.165, 1.54) is 42.5 Å². The molecule has 0 radical (unpaired) electrons. The number of halogens is 1. The summed E-state index contributed by atoms with van der Waals surface area (Å²) >= 11 is 0. The highest BCUT2D eigenvalue weighted by Crippen LogP contribution is 2.25. The third-order valence-electron chi connectivity index (χ3n) is 5.33. The summed E-state index contributed by atoms with van der Waals surface area (Å²) in [5, 5.41) is 7.37. The van der Waals surface area contributed by atoms with Crippen LogP contribution in [0.1, 0.15) is 27.3 Å². The van der Waals surface area contributed by atoms with Crippen molar-refractivity contribution in [3.8, 4) is 5.69 Å². The van der Waals surface area contributed by atoms with Crippen molar-refractivity contribution in [3.63, 3.8) is 0 Å². The average Bonchev–Trinajstić information content (AvgIpc) is 3.09. The molecule has 0 aliphatic heterocycles. The zero-order valence-corrected chi connectivity index (χ0v) is 19.7. The van der Waals surface area contributed by atoms with Gasteiger partial charge in [0.1, 0.15) is 5.82 Å². The van der Waals surface area contributed by atoms with Gasteiger partial charge in [0.25, 0.3) is 15.9 Å². The van der Waals surface area contributed by atoms with Crippen LogP contribution in [0.15, 0.2) is 77.7 Å². The van der Waals surface area contributed by atoms with E-state index in [9.17, 15) is 17.6 Å². The van der Waals surface area contributed by atoms with Crippen LogP contribution < -0.4 is 10.0 Å². The van der Waals surface area contributed by atoms with Crippen LogP contribution in [-0.4, -0.2) is 24.1 Å². The van der Waals surface area contributed by atoms with Crippen molar-refractivity contribution >= 4 is 27.3 Å². The Morgan fingerprint density at radius 2 is 1.65 bits per heavy atom. The number of carbonyl (C=O) groups is 1. The number of carbonyl (C=O) groups excluding carboxylic acids is 1. The number of anilines is 2. The molecule has 174 valence electrons. The number of nitrogens with one attached hydrogen (secondary N) is 2. The fourth-order valence-corrected chi connectivity index (χ4v) is 4.61. The molecular formula is C25H23FN4O3S. The lowest BCUT2D eigenvalue weighted by Crippen LogP contribution is -2.17. The monoisotopic (exact) mass is 478 g/mol. The lowest BCUT2D eigenvalue weighted by Gasteiger charge is -2.11. The molecule has 4 aromatic rings. The van der Waals surface area contributed by atoms with Crippen LogP contribution in [0, 0.1) is 26.6 Å². The Morgan fingerprint density at radius 3 is 2.35 bits per heavy atom. The van der Waals surface area contributed by atoms with Gasteiger partial charge in [-0.15, -0.1) is 0 Å². The van der Waals surface area contributed by atoms with E-state index in [-0.39, 0.29) is 16.1 Å². The molecule has 1 amide bonds. The van der Waals surface area contributed by atoms with Crippen LogP contribution in [-0.2, 0) is 10.0 Å². The first kappa shape index (κ1) is 23.2. The summed E-state index contributed by atoms with van der Waals surface area (Å²) in [6.07, 6.45) is 0. The fraction of sp³-hybridized carbons (Fsp3) is 0.120. The van der Waals surface area contributed by atoms with Crippen molar-refractivity contribution in [1.82, 2.24) is 9.78 Å². The molecule has 3 aromatic carbocycles. The summed E-state index contributed by atoms with van der Waals surface area (Å²) in [5.74, 6) is -1.19. The number of nitrogens with zero attached hydrogens (tertiary/aromatic N) is 2. The Balaban J connectivity index is 1.59. The second-order valence-electron chi connectivity index (χ2n) is 7.86. The van der Waals surface area contributed by atoms with E-state index in [1.807, 2.05) is 38.1 Å². The molecule has 0 atom stereocenters. The predicted molar refractivity (Wildman–Crippen MR) is 129 cm³/mol. The molecule has 0 aliphatic carbocycles. The minimum absolute atomic E-state index is 0.137. The van der Waals surface area contributed by atoms with Crippen molar-refractivity contribution in [3.05, 3.63) is 101 Å². The molecule has 4 rings (SSSR count). The minimum atomic E-state index is -4.10. The number of amides is 1. The van der Waals surface area contributed by atoms with Gasteiger partial charge in [0.2, 0.25) is 0 Å². The van der Waals surface area contributed by atoms with Crippen molar-refractivity contribution < 1.29 is 17.6 Å². The Morgan fingerprint density at radius 1 is 0.941 bits per heavy atom. The zero-order chi connectivity index (χ0) is 24.5. The molecule has 0 saturated heterocycles. The van der Waals surface area contributed by atoms with Crippen LogP contribution in [0.3, 0.4) is 0 Å². The molecule has 1 heterocycles. The number of aromatic nitrogens is 2. The largest absolute Gasteiger partial charge is 0.319 e. The number of benzene rings is 3. The number of aryl methyl sites for hydroxylation is 2. The molecule has 7 nitrogen and oxygen atoms in total. The molecule has 34 heavy (non-hydrogen) atoms. The summed E-state index contributed by atoms with van der Waals surface area (Å²) < 4.78 is 43.4. The van der Waals surface area contributed by atoms with Crippen LogP contribution in [0.5, 0.6) is 0 Å². The van der Waals surface area contributed by atoms with Crippen LogP contribution in [0.25, 0.3) is 5.69 Å². The van der Waals surface area contributed by atoms with E-state index >= 15 is 0 Å². The number of hydrogen-bond donors (Lipinski definition) is 2. The summed E-state index contributed by atoms with van der Waals surface area (Å²) in [4.78, 5) is 12.8. The quantitative estimate of drug-likeness (QED) is 0.408. The Kier molecular flexibility index (Phi) is 6.21. The Labute approximate surface area is 197 Å². The molecule has 0 unspecified atom stereocenters. The lowest BCUT2D eigenvalue weighted by molar-refractivity contribution is 0.102. The van der Waals surface area contributed by atoms with Gasteiger partial charge in [-0.3, -0.25) is 9.52 Å². The van der Waals surface area contributed by atoms with Gasteiger partial charge < -0.3 is 5.32 Å². The van der Waals surface area contributed by atoms with Crippen molar-refractivity contribution in [2.24, 2.45) is 0 Å². The zero-order valence-electron chi connectivity index (χ0n) is 18.8. The van der Waals surface area contributed by atoms with Crippen LogP contribution in [0.4, 0.5) is 15.8 Å². The standard InChI is InChI=1S/C25H23FN4O3S/c1-16-11-13-20(14-12-16)30-18(3)24(17(2)28-30)27-25(31)19-7-6-8-21(15-19)34(32,33)29-23-10-5-4-9-22(23)26/h4-15,29H,1-3H3,(H,27,31). The van der Waals surface area contributed by atoms with Gasteiger partial charge in [-0.2, -0.15) is 5.10 Å². The van der Waals surface area contributed by atoms with Gasteiger partial charge in [0.05, 0.1) is 33.3 Å². The van der Waals surface area contributed by atoms with E-state index in [2.05, 4.69) is 15.1 Å². The van der Waals surface area contributed by atoms with Crippen molar-refractivity contribution in [1.29, 1.82) is 0 Å². The first-order valence-electron chi connectivity index (χ1n) is 10.5. The second kappa shape index (κ2) is 9.11. The van der Waals surface area contributed by atoms with Gasteiger partial charge >= 0.3 is 0 Å². The molecule has 0 bridgehead atoms. The summed E-state index contributed by atoms with van der Waals surface area (Å²) in [6.45, 7) is 5.62. The minimum Gasteiger partial charge on any atom is -0.319 e. The predicted octanol–water partition coefficient (Wildman–Crippen LogP) is 4.99. The molecular weight excluding hydrogens is 455 g/mol. The molecule has 0 saturated carbocycles. The maximum absolute atomic E-state index is 13.9. The van der Waals surface area contributed by atoms with Gasteiger partial charge in [0, 0.05) is 5.56 Å². The van der Waals surface area contributed by atoms with Gasteiger partial charge in [-0.1, -0.05) is 35.9 Å². The van der Waals surface area contributed by atoms with Crippen molar-refractivity contribution in [2.75, 3.05) is 10.0 Å². The maximum Gasteiger partial charge on any atom is 0.262 e. The van der Waals surface area contributed by atoms with Crippen molar-refractivity contribution in [2.45, 2.75) is 25.7 Å². The number of rotatable bonds is 6. The molecule has 0 spiro atoms. The highest BCUT2D eigenvalue weighted by Gasteiger charge is 2.20. The number of hydrogen-bond acceptors (Lipinski definition) is 4. The smallest absolute Gasteiger partial charge is 0.262 e. The number of para-hydroxylation sites is 1. The SMILES string of the molecule is Cc1ccc(-n2nc(C)c(NC(=O)c3cccc(S(=O)(=O)Nc4ccccc4F)c3)c2C)cc1. The Hall–Kier alpha value is -3.98. The van der Waals surface area contributed by atoms with Gasteiger partial charge in [-0.05, 0) is 63.2 Å². The topological polar surface area (TPSA) is 93.1 Å². The van der Waals surface area contributed by atoms with Gasteiger partial charge in [-0.25, -0.2) is 17.5 Å². The maximum atomic E-state index is 13.9. The van der Waals surface area contributed by atoms with E-state index in [1.54, 1.807) is 11.6 Å². The fourth-order valence-electron chi connectivity index (χ4n) is 3.50. The van der Waals surface area contributed by atoms with E-state index < -0.39 is 21.7 Å². The summed E-state index contributed by atoms with van der Waals surface area (Å²) in [6, 6.07) is 18.8.